The standard InChI is InChI=1S/C17H28N2O2/c1-13-7-8-15(14(19-13)11-18-16(2,3)4)21-12-17(20)9-5-6-10-17/h7-8,18,20H,5-6,9-12H2,1-4H3. The quantitative estimate of drug-likeness (QED) is 0.876. The molecule has 1 heterocycles. The first-order valence-electron chi connectivity index (χ1n) is 7.84. The highest BCUT2D eigenvalue weighted by Gasteiger charge is 2.32. The van der Waals surface area contributed by atoms with E-state index in [1.807, 2.05) is 19.1 Å². The van der Waals surface area contributed by atoms with Crippen molar-refractivity contribution in [2.45, 2.75) is 71.1 Å². The van der Waals surface area contributed by atoms with Crippen LogP contribution in [-0.2, 0) is 6.54 Å². The van der Waals surface area contributed by atoms with Crippen LogP contribution in [0.25, 0.3) is 0 Å². The molecule has 0 aliphatic heterocycles. The summed E-state index contributed by atoms with van der Waals surface area (Å²) in [4.78, 5) is 4.58. The second kappa shape index (κ2) is 6.32. The first-order valence-corrected chi connectivity index (χ1v) is 7.84. The highest BCUT2D eigenvalue weighted by molar-refractivity contribution is 5.29. The van der Waals surface area contributed by atoms with Crippen LogP contribution in [0.3, 0.4) is 0 Å². The molecule has 4 heteroatoms. The van der Waals surface area contributed by atoms with Gasteiger partial charge in [0.15, 0.2) is 0 Å². The molecule has 118 valence electrons. The molecule has 0 aromatic carbocycles. The van der Waals surface area contributed by atoms with Crippen molar-refractivity contribution < 1.29 is 9.84 Å². The number of ether oxygens (including phenoxy) is 1. The Hall–Kier alpha value is -1.13. The summed E-state index contributed by atoms with van der Waals surface area (Å²) in [6, 6.07) is 3.91. The monoisotopic (exact) mass is 292 g/mol. The number of nitrogens with zero attached hydrogens (tertiary/aromatic N) is 1. The fourth-order valence-corrected chi connectivity index (χ4v) is 2.59. The third-order valence-corrected chi connectivity index (χ3v) is 3.89. The van der Waals surface area contributed by atoms with E-state index in [-0.39, 0.29) is 5.54 Å². The lowest BCUT2D eigenvalue weighted by molar-refractivity contribution is 0.000944. The first-order chi connectivity index (χ1) is 9.77. The number of rotatable bonds is 5. The summed E-state index contributed by atoms with van der Waals surface area (Å²) < 4.78 is 5.89. The van der Waals surface area contributed by atoms with Crippen LogP contribution >= 0.6 is 0 Å². The van der Waals surface area contributed by atoms with Gasteiger partial charge in [-0.25, -0.2) is 0 Å². The van der Waals surface area contributed by atoms with Crippen LogP contribution in [0.1, 0.15) is 57.8 Å². The summed E-state index contributed by atoms with van der Waals surface area (Å²) in [5, 5.41) is 13.8. The topological polar surface area (TPSA) is 54.4 Å². The average Bonchev–Trinajstić information content (AvgIpc) is 2.82. The molecule has 0 atom stereocenters. The summed E-state index contributed by atoms with van der Waals surface area (Å²) in [6.07, 6.45) is 3.85. The number of aliphatic hydroxyl groups is 1. The zero-order valence-electron chi connectivity index (χ0n) is 13.7. The van der Waals surface area contributed by atoms with E-state index in [0.717, 1.165) is 42.8 Å². The number of aryl methyl sites for hydroxylation is 1. The van der Waals surface area contributed by atoms with Crippen molar-refractivity contribution >= 4 is 0 Å². The van der Waals surface area contributed by atoms with Gasteiger partial charge in [-0.2, -0.15) is 0 Å². The van der Waals surface area contributed by atoms with Crippen molar-refractivity contribution in [1.82, 2.24) is 10.3 Å². The Morgan fingerprint density at radius 3 is 2.57 bits per heavy atom. The fraction of sp³-hybridized carbons (Fsp3) is 0.706. The van der Waals surface area contributed by atoms with Gasteiger partial charge in [-0.1, -0.05) is 12.8 Å². The molecule has 1 saturated carbocycles. The van der Waals surface area contributed by atoms with E-state index in [0.29, 0.717) is 13.2 Å². The Labute approximate surface area is 127 Å². The van der Waals surface area contributed by atoms with Gasteiger partial charge < -0.3 is 15.2 Å². The lowest BCUT2D eigenvalue weighted by Crippen LogP contribution is -2.36. The molecular weight excluding hydrogens is 264 g/mol. The van der Waals surface area contributed by atoms with Crippen molar-refractivity contribution in [2.24, 2.45) is 0 Å². The minimum Gasteiger partial charge on any atom is -0.489 e. The van der Waals surface area contributed by atoms with Gasteiger partial charge in [0.05, 0.1) is 11.3 Å². The maximum absolute atomic E-state index is 10.4. The minimum absolute atomic E-state index is 0.0341. The largest absolute Gasteiger partial charge is 0.489 e. The molecule has 2 N–H and O–H groups in total. The molecule has 1 aliphatic rings. The van der Waals surface area contributed by atoms with Crippen molar-refractivity contribution in [3.63, 3.8) is 0 Å². The predicted octanol–water partition coefficient (Wildman–Crippen LogP) is 2.96. The molecule has 1 aromatic heterocycles. The van der Waals surface area contributed by atoms with Gasteiger partial charge in [-0.3, -0.25) is 4.98 Å². The predicted molar refractivity (Wildman–Crippen MR) is 84.5 cm³/mol. The van der Waals surface area contributed by atoms with Crippen LogP contribution in [0.4, 0.5) is 0 Å². The molecule has 0 radical (unpaired) electrons. The molecule has 1 aromatic rings. The van der Waals surface area contributed by atoms with Crippen LogP contribution in [-0.4, -0.2) is 27.8 Å². The molecule has 4 nitrogen and oxygen atoms in total. The molecule has 0 unspecified atom stereocenters. The van der Waals surface area contributed by atoms with Crippen LogP contribution in [0.5, 0.6) is 5.75 Å². The van der Waals surface area contributed by atoms with Crippen molar-refractivity contribution in [1.29, 1.82) is 0 Å². The smallest absolute Gasteiger partial charge is 0.142 e. The van der Waals surface area contributed by atoms with Crippen molar-refractivity contribution in [2.75, 3.05) is 6.61 Å². The molecule has 0 saturated heterocycles. The third kappa shape index (κ3) is 4.97. The van der Waals surface area contributed by atoms with Crippen LogP contribution in [0.15, 0.2) is 12.1 Å². The van der Waals surface area contributed by atoms with E-state index in [1.165, 1.54) is 0 Å². The zero-order valence-corrected chi connectivity index (χ0v) is 13.7. The molecule has 0 amide bonds. The van der Waals surface area contributed by atoms with Crippen LogP contribution in [0, 0.1) is 6.92 Å². The number of pyridine rings is 1. The second-order valence-corrected chi connectivity index (χ2v) is 7.22. The Morgan fingerprint density at radius 1 is 1.29 bits per heavy atom. The summed E-state index contributed by atoms with van der Waals surface area (Å²) in [6.45, 7) is 9.40. The lowest BCUT2D eigenvalue weighted by Gasteiger charge is -2.24. The fourth-order valence-electron chi connectivity index (χ4n) is 2.59. The Balaban J connectivity index is 2.04. The Bertz CT molecular complexity index is 474. The third-order valence-electron chi connectivity index (χ3n) is 3.89. The van der Waals surface area contributed by atoms with Gasteiger partial charge in [-0.05, 0) is 52.7 Å². The normalized spacial score (nSPS) is 18.0. The molecule has 0 spiro atoms. The Morgan fingerprint density at radius 2 is 1.95 bits per heavy atom. The zero-order chi connectivity index (χ0) is 15.5. The van der Waals surface area contributed by atoms with Gasteiger partial charge in [0.25, 0.3) is 0 Å². The number of hydrogen-bond acceptors (Lipinski definition) is 4. The number of aromatic nitrogens is 1. The lowest BCUT2D eigenvalue weighted by atomic mass is 10.0. The second-order valence-electron chi connectivity index (χ2n) is 7.22. The SMILES string of the molecule is Cc1ccc(OCC2(O)CCCC2)c(CNC(C)(C)C)n1. The Kier molecular flexibility index (Phi) is 4.89. The minimum atomic E-state index is -0.653. The summed E-state index contributed by atoms with van der Waals surface area (Å²) in [5.41, 5.74) is 1.27. The van der Waals surface area contributed by atoms with Gasteiger partial charge in [-0.15, -0.1) is 0 Å². The van der Waals surface area contributed by atoms with Crippen molar-refractivity contribution in [3.05, 3.63) is 23.5 Å². The summed E-state index contributed by atoms with van der Waals surface area (Å²) >= 11 is 0. The maximum atomic E-state index is 10.4. The highest BCUT2D eigenvalue weighted by Crippen LogP contribution is 2.30. The number of hydrogen-bond donors (Lipinski definition) is 2. The summed E-state index contributed by atoms with van der Waals surface area (Å²) in [5.74, 6) is 0.776. The van der Waals surface area contributed by atoms with E-state index in [9.17, 15) is 5.11 Å². The highest BCUT2D eigenvalue weighted by atomic mass is 16.5. The van der Waals surface area contributed by atoms with E-state index in [2.05, 4.69) is 31.1 Å². The molecule has 1 fully saturated rings. The number of nitrogens with one attached hydrogen (secondary N) is 1. The van der Waals surface area contributed by atoms with Crippen molar-refractivity contribution in [3.8, 4) is 5.75 Å². The van der Waals surface area contributed by atoms with E-state index < -0.39 is 5.60 Å². The van der Waals surface area contributed by atoms with E-state index in [1.54, 1.807) is 0 Å². The van der Waals surface area contributed by atoms with Gasteiger partial charge in [0.2, 0.25) is 0 Å². The van der Waals surface area contributed by atoms with Gasteiger partial charge in [0.1, 0.15) is 12.4 Å². The molecule has 21 heavy (non-hydrogen) atoms. The van der Waals surface area contributed by atoms with Crippen LogP contribution < -0.4 is 10.1 Å². The molecule has 0 bridgehead atoms. The first kappa shape index (κ1) is 16.2. The molecular formula is C17H28N2O2. The maximum Gasteiger partial charge on any atom is 0.142 e. The van der Waals surface area contributed by atoms with Gasteiger partial charge in [0, 0.05) is 17.8 Å². The van der Waals surface area contributed by atoms with E-state index in [4.69, 9.17) is 4.74 Å². The molecule has 1 aliphatic carbocycles. The van der Waals surface area contributed by atoms with Gasteiger partial charge >= 0.3 is 0 Å². The van der Waals surface area contributed by atoms with Crippen LogP contribution in [0.2, 0.25) is 0 Å². The molecule has 2 rings (SSSR count). The van der Waals surface area contributed by atoms with E-state index >= 15 is 0 Å². The summed E-state index contributed by atoms with van der Waals surface area (Å²) in [7, 11) is 0. The average molecular weight is 292 g/mol.